The van der Waals surface area contributed by atoms with Crippen LogP contribution in [-0.2, 0) is 14.8 Å². The first-order valence-corrected chi connectivity index (χ1v) is 7.86. The predicted molar refractivity (Wildman–Crippen MR) is 69.2 cm³/mol. The van der Waals surface area contributed by atoms with Crippen molar-refractivity contribution < 1.29 is 13.2 Å². The number of carbonyl (C=O) groups is 1. The highest BCUT2D eigenvalue weighted by Gasteiger charge is 2.19. The maximum atomic E-state index is 11.5. The fourth-order valence-electron chi connectivity index (χ4n) is 1.43. The SMILES string of the molecule is CCCCCN(CC(=O)NC(C)C)S(C)(=O)=O. The van der Waals surface area contributed by atoms with Crippen molar-refractivity contribution in [2.45, 2.75) is 46.1 Å². The number of unbranched alkanes of at least 4 members (excludes halogenated alkanes) is 2. The van der Waals surface area contributed by atoms with Crippen LogP contribution in [0.5, 0.6) is 0 Å². The Bertz CT molecular complexity index is 326. The van der Waals surface area contributed by atoms with Gasteiger partial charge in [0.15, 0.2) is 0 Å². The van der Waals surface area contributed by atoms with Crippen LogP contribution in [-0.4, -0.2) is 44.0 Å². The Morgan fingerprint density at radius 2 is 1.88 bits per heavy atom. The third-order valence-electron chi connectivity index (χ3n) is 2.25. The van der Waals surface area contributed by atoms with Crippen molar-refractivity contribution in [3.05, 3.63) is 0 Å². The van der Waals surface area contributed by atoms with E-state index in [1.807, 2.05) is 13.8 Å². The van der Waals surface area contributed by atoms with Crippen LogP contribution in [0.3, 0.4) is 0 Å². The lowest BCUT2D eigenvalue weighted by molar-refractivity contribution is -0.121. The first-order chi connectivity index (χ1) is 7.77. The smallest absolute Gasteiger partial charge is 0.235 e. The number of nitrogens with zero attached hydrogens (tertiary/aromatic N) is 1. The van der Waals surface area contributed by atoms with Gasteiger partial charge < -0.3 is 5.32 Å². The second-order valence-electron chi connectivity index (χ2n) is 4.53. The van der Waals surface area contributed by atoms with Crippen molar-refractivity contribution in [1.82, 2.24) is 9.62 Å². The minimum Gasteiger partial charge on any atom is -0.353 e. The molecule has 0 aromatic heterocycles. The van der Waals surface area contributed by atoms with Gasteiger partial charge in [-0.15, -0.1) is 0 Å². The van der Waals surface area contributed by atoms with Gasteiger partial charge in [-0.25, -0.2) is 8.42 Å². The van der Waals surface area contributed by atoms with Crippen molar-refractivity contribution in [2.24, 2.45) is 0 Å². The van der Waals surface area contributed by atoms with Gasteiger partial charge in [-0.1, -0.05) is 19.8 Å². The van der Waals surface area contributed by atoms with E-state index in [-0.39, 0.29) is 18.5 Å². The monoisotopic (exact) mass is 264 g/mol. The Balaban J connectivity index is 4.35. The Labute approximate surface area is 105 Å². The molecule has 0 bridgehead atoms. The third-order valence-corrected chi connectivity index (χ3v) is 3.50. The first kappa shape index (κ1) is 16.4. The molecule has 1 amide bonds. The lowest BCUT2D eigenvalue weighted by atomic mass is 10.2. The highest BCUT2D eigenvalue weighted by atomic mass is 32.2. The summed E-state index contributed by atoms with van der Waals surface area (Å²) in [5.74, 6) is -0.248. The number of nitrogens with one attached hydrogen (secondary N) is 1. The minimum atomic E-state index is -3.30. The van der Waals surface area contributed by atoms with Gasteiger partial charge in [-0.3, -0.25) is 4.79 Å². The van der Waals surface area contributed by atoms with E-state index in [4.69, 9.17) is 0 Å². The van der Waals surface area contributed by atoms with Crippen molar-refractivity contribution in [3.63, 3.8) is 0 Å². The molecule has 0 spiro atoms. The van der Waals surface area contributed by atoms with Gasteiger partial charge in [0.05, 0.1) is 12.8 Å². The van der Waals surface area contributed by atoms with E-state index < -0.39 is 10.0 Å². The van der Waals surface area contributed by atoms with Crippen LogP contribution in [0.15, 0.2) is 0 Å². The molecule has 0 aromatic rings. The van der Waals surface area contributed by atoms with Crippen LogP contribution >= 0.6 is 0 Å². The molecular weight excluding hydrogens is 240 g/mol. The van der Waals surface area contributed by atoms with Gasteiger partial charge in [0.2, 0.25) is 15.9 Å². The van der Waals surface area contributed by atoms with Crippen LogP contribution in [0.2, 0.25) is 0 Å². The highest BCUT2D eigenvalue weighted by molar-refractivity contribution is 7.88. The van der Waals surface area contributed by atoms with Gasteiger partial charge in [-0.05, 0) is 20.3 Å². The second kappa shape index (κ2) is 7.66. The number of hydrogen-bond acceptors (Lipinski definition) is 3. The molecule has 0 fully saturated rings. The summed E-state index contributed by atoms with van der Waals surface area (Å²) in [6, 6.07) is 0.0274. The average Bonchev–Trinajstić information content (AvgIpc) is 2.13. The van der Waals surface area contributed by atoms with E-state index in [1.165, 1.54) is 4.31 Å². The van der Waals surface area contributed by atoms with Crippen LogP contribution < -0.4 is 5.32 Å². The molecule has 0 rings (SSSR count). The second-order valence-corrected chi connectivity index (χ2v) is 6.51. The molecule has 0 saturated carbocycles. The lowest BCUT2D eigenvalue weighted by Gasteiger charge is -2.20. The molecule has 6 heteroatoms. The maximum absolute atomic E-state index is 11.5. The van der Waals surface area contributed by atoms with E-state index in [9.17, 15) is 13.2 Å². The average molecular weight is 264 g/mol. The van der Waals surface area contributed by atoms with Gasteiger partial charge in [0.25, 0.3) is 0 Å². The molecule has 5 nitrogen and oxygen atoms in total. The van der Waals surface area contributed by atoms with E-state index in [1.54, 1.807) is 0 Å². The zero-order valence-electron chi connectivity index (χ0n) is 11.2. The Morgan fingerprint density at radius 1 is 1.29 bits per heavy atom. The van der Waals surface area contributed by atoms with Crippen molar-refractivity contribution in [3.8, 4) is 0 Å². The van der Waals surface area contributed by atoms with Crippen LogP contribution in [0.1, 0.15) is 40.0 Å². The van der Waals surface area contributed by atoms with Crippen molar-refractivity contribution >= 4 is 15.9 Å². The predicted octanol–water partition coefficient (Wildman–Crippen LogP) is 0.963. The van der Waals surface area contributed by atoms with E-state index in [0.29, 0.717) is 6.54 Å². The van der Waals surface area contributed by atoms with Crippen LogP contribution in [0, 0.1) is 0 Å². The molecule has 1 N–H and O–H groups in total. The molecule has 0 saturated heterocycles. The zero-order valence-corrected chi connectivity index (χ0v) is 12.0. The molecule has 0 heterocycles. The van der Waals surface area contributed by atoms with Crippen molar-refractivity contribution in [2.75, 3.05) is 19.3 Å². The fourth-order valence-corrected chi connectivity index (χ4v) is 2.24. The third kappa shape index (κ3) is 8.15. The summed E-state index contributed by atoms with van der Waals surface area (Å²) in [4.78, 5) is 11.5. The Hall–Kier alpha value is -0.620. The van der Waals surface area contributed by atoms with Gasteiger partial charge in [0, 0.05) is 12.6 Å². The maximum Gasteiger partial charge on any atom is 0.235 e. The van der Waals surface area contributed by atoms with Gasteiger partial charge >= 0.3 is 0 Å². The summed E-state index contributed by atoms with van der Waals surface area (Å²) in [5.41, 5.74) is 0. The quantitative estimate of drug-likeness (QED) is 0.664. The zero-order chi connectivity index (χ0) is 13.5. The molecule has 0 unspecified atom stereocenters. The molecule has 0 atom stereocenters. The van der Waals surface area contributed by atoms with E-state index in [0.717, 1.165) is 25.5 Å². The molecule has 0 aromatic carbocycles. The highest BCUT2D eigenvalue weighted by Crippen LogP contribution is 2.03. The summed E-state index contributed by atoms with van der Waals surface area (Å²) in [5, 5.41) is 2.69. The van der Waals surface area contributed by atoms with Gasteiger partial charge in [-0.2, -0.15) is 4.31 Å². The number of sulfonamides is 1. The summed E-state index contributed by atoms with van der Waals surface area (Å²) in [7, 11) is -3.30. The molecule has 17 heavy (non-hydrogen) atoms. The molecular formula is C11H24N2O3S. The first-order valence-electron chi connectivity index (χ1n) is 6.01. The molecule has 102 valence electrons. The summed E-state index contributed by atoms with van der Waals surface area (Å²) < 4.78 is 24.2. The normalized spacial score (nSPS) is 12.1. The lowest BCUT2D eigenvalue weighted by Crippen LogP contribution is -2.42. The summed E-state index contributed by atoms with van der Waals surface area (Å²) in [6.07, 6.45) is 3.92. The topological polar surface area (TPSA) is 66.5 Å². The largest absolute Gasteiger partial charge is 0.353 e. The summed E-state index contributed by atoms with van der Waals surface area (Å²) >= 11 is 0. The fraction of sp³-hybridized carbons (Fsp3) is 0.909. The number of hydrogen-bond donors (Lipinski definition) is 1. The molecule has 0 radical (unpaired) electrons. The molecule has 0 aliphatic heterocycles. The summed E-state index contributed by atoms with van der Waals surface area (Å²) in [6.45, 7) is 6.08. The Morgan fingerprint density at radius 3 is 2.29 bits per heavy atom. The minimum absolute atomic E-state index is 0.0274. The Kier molecular flexibility index (Phi) is 7.38. The van der Waals surface area contributed by atoms with Crippen molar-refractivity contribution in [1.29, 1.82) is 0 Å². The molecule has 0 aliphatic carbocycles. The number of carbonyl (C=O) groups excluding carboxylic acids is 1. The van der Waals surface area contributed by atoms with E-state index in [2.05, 4.69) is 12.2 Å². The van der Waals surface area contributed by atoms with E-state index >= 15 is 0 Å². The van der Waals surface area contributed by atoms with Crippen LogP contribution in [0.4, 0.5) is 0 Å². The van der Waals surface area contributed by atoms with Gasteiger partial charge in [0.1, 0.15) is 0 Å². The molecule has 0 aliphatic rings. The van der Waals surface area contributed by atoms with Crippen LogP contribution in [0.25, 0.3) is 0 Å². The standard InChI is InChI=1S/C11H24N2O3S/c1-5-6-7-8-13(17(4,15)16)9-11(14)12-10(2)3/h10H,5-9H2,1-4H3,(H,12,14). The number of rotatable bonds is 8. The number of amides is 1.